The first-order valence-electron chi connectivity index (χ1n) is 7.83. The van der Waals surface area contributed by atoms with E-state index in [1.165, 1.54) is 6.20 Å². The number of hydrogen-bond donors (Lipinski definition) is 2. The Hall–Kier alpha value is -2.67. The van der Waals surface area contributed by atoms with E-state index in [1.54, 1.807) is 39.0 Å². The van der Waals surface area contributed by atoms with Gasteiger partial charge in [0, 0.05) is 17.1 Å². The highest BCUT2D eigenvalue weighted by atomic mass is 16.6. The quantitative estimate of drug-likeness (QED) is 0.484. The number of rotatable bonds is 5. The molecule has 134 valence electrons. The number of fused-ring (bicyclic) bond motifs is 1. The molecule has 0 bridgehead atoms. The molecule has 7 nitrogen and oxygen atoms in total. The van der Waals surface area contributed by atoms with E-state index in [-0.39, 0.29) is 5.56 Å². The number of Topliss-reactive ketones (excluding diaryl/α,β-unsaturated/α-hetero) is 1. The van der Waals surface area contributed by atoms with Crippen molar-refractivity contribution in [2.24, 2.45) is 5.73 Å². The molecule has 1 unspecified atom stereocenters. The number of carbonyl (C=O) groups excluding carboxylic acids is 3. The summed E-state index contributed by atoms with van der Waals surface area (Å²) in [6.07, 6.45) is 1.76. The zero-order valence-electron chi connectivity index (χ0n) is 14.7. The van der Waals surface area contributed by atoms with Crippen molar-refractivity contribution in [3.05, 3.63) is 35.5 Å². The van der Waals surface area contributed by atoms with E-state index < -0.39 is 29.4 Å². The zero-order chi connectivity index (χ0) is 18.8. The SMILES string of the molecule is COC(=O)C(=O)c1c[nH]c2cc(CC(N)C(=O)OC(C)(C)C)ccc12. The average Bonchev–Trinajstić information content (AvgIpc) is 2.94. The van der Waals surface area contributed by atoms with Gasteiger partial charge in [0.1, 0.15) is 11.6 Å². The van der Waals surface area contributed by atoms with E-state index in [2.05, 4.69) is 9.72 Å². The normalized spacial score (nSPS) is 12.7. The van der Waals surface area contributed by atoms with Crippen molar-refractivity contribution < 1.29 is 23.9 Å². The van der Waals surface area contributed by atoms with Crippen molar-refractivity contribution >= 4 is 28.6 Å². The van der Waals surface area contributed by atoms with Crippen LogP contribution in [-0.2, 0) is 25.5 Å². The fourth-order valence-electron chi connectivity index (χ4n) is 2.41. The third kappa shape index (κ3) is 4.45. The molecular weight excluding hydrogens is 324 g/mol. The summed E-state index contributed by atoms with van der Waals surface area (Å²) in [5.74, 6) is -2.11. The Morgan fingerprint density at radius 1 is 1.24 bits per heavy atom. The van der Waals surface area contributed by atoms with Crippen LogP contribution < -0.4 is 5.73 Å². The Morgan fingerprint density at radius 3 is 2.52 bits per heavy atom. The predicted molar refractivity (Wildman–Crippen MR) is 92.2 cm³/mol. The summed E-state index contributed by atoms with van der Waals surface area (Å²) in [5, 5.41) is 0.602. The molecule has 1 heterocycles. The number of nitrogens with two attached hydrogens (primary N) is 1. The number of esters is 2. The summed E-state index contributed by atoms with van der Waals surface area (Å²) in [7, 11) is 1.16. The van der Waals surface area contributed by atoms with Gasteiger partial charge in [0.25, 0.3) is 5.78 Å². The summed E-state index contributed by atoms with van der Waals surface area (Å²) in [4.78, 5) is 38.3. The van der Waals surface area contributed by atoms with E-state index in [0.29, 0.717) is 17.3 Å². The molecule has 0 fully saturated rings. The van der Waals surface area contributed by atoms with Crippen molar-refractivity contribution in [1.82, 2.24) is 4.98 Å². The third-order valence-corrected chi connectivity index (χ3v) is 3.53. The molecule has 2 aromatic rings. The molecule has 0 aliphatic rings. The minimum Gasteiger partial charge on any atom is -0.463 e. The van der Waals surface area contributed by atoms with Crippen LogP contribution in [0.5, 0.6) is 0 Å². The smallest absolute Gasteiger partial charge is 0.379 e. The van der Waals surface area contributed by atoms with Gasteiger partial charge in [-0.2, -0.15) is 0 Å². The standard InChI is InChI=1S/C18H22N2O5/c1-18(2,3)25-16(22)13(19)7-10-5-6-11-12(9-20-14(11)8-10)15(21)17(23)24-4/h5-6,8-9,13,20H,7,19H2,1-4H3. The second-order valence-electron chi connectivity index (χ2n) is 6.75. The van der Waals surface area contributed by atoms with Crippen LogP contribution in [0.2, 0.25) is 0 Å². The van der Waals surface area contributed by atoms with Crippen LogP contribution in [-0.4, -0.2) is 41.5 Å². The van der Waals surface area contributed by atoms with E-state index in [4.69, 9.17) is 10.5 Å². The summed E-state index contributed by atoms with van der Waals surface area (Å²) < 4.78 is 9.72. The first-order chi connectivity index (χ1) is 11.6. The van der Waals surface area contributed by atoms with Crippen molar-refractivity contribution in [2.45, 2.75) is 38.8 Å². The van der Waals surface area contributed by atoms with Crippen molar-refractivity contribution in [2.75, 3.05) is 7.11 Å². The van der Waals surface area contributed by atoms with E-state index in [1.807, 2.05) is 0 Å². The van der Waals surface area contributed by atoms with Crippen molar-refractivity contribution in [3.8, 4) is 0 Å². The van der Waals surface area contributed by atoms with Gasteiger partial charge in [0.2, 0.25) is 0 Å². The lowest BCUT2D eigenvalue weighted by atomic mass is 10.0. The van der Waals surface area contributed by atoms with E-state index in [9.17, 15) is 14.4 Å². The molecule has 1 aromatic heterocycles. The summed E-state index contributed by atoms with van der Waals surface area (Å²) >= 11 is 0. The van der Waals surface area contributed by atoms with Crippen LogP contribution in [0.25, 0.3) is 10.9 Å². The lowest BCUT2D eigenvalue weighted by Crippen LogP contribution is -2.38. The number of benzene rings is 1. The first-order valence-corrected chi connectivity index (χ1v) is 7.83. The molecular formula is C18H22N2O5. The van der Waals surface area contributed by atoms with Crippen LogP contribution >= 0.6 is 0 Å². The van der Waals surface area contributed by atoms with Crippen LogP contribution in [0.1, 0.15) is 36.7 Å². The molecule has 1 aromatic carbocycles. The lowest BCUT2D eigenvalue weighted by Gasteiger charge is -2.22. The highest BCUT2D eigenvalue weighted by Crippen LogP contribution is 2.21. The van der Waals surface area contributed by atoms with Crippen LogP contribution in [0.15, 0.2) is 24.4 Å². The maximum Gasteiger partial charge on any atom is 0.379 e. The molecule has 0 saturated heterocycles. The van der Waals surface area contributed by atoms with Crippen molar-refractivity contribution in [1.29, 1.82) is 0 Å². The highest BCUT2D eigenvalue weighted by molar-refractivity contribution is 6.42. The number of carbonyl (C=O) groups is 3. The van der Waals surface area contributed by atoms with Gasteiger partial charge in [0.15, 0.2) is 0 Å². The predicted octanol–water partition coefficient (Wildman–Crippen LogP) is 1.74. The molecule has 0 radical (unpaired) electrons. The van der Waals surface area contributed by atoms with Gasteiger partial charge in [-0.05, 0) is 38.8 Å². The largest absolute Gasteiger partial charge is 0.463 e. The number of hydrogen-bond acceptors (Lipinski definition) is 6. The Morgan fingerprint density at radius 2 is 1.92 bits per heavy atom. The second kappa shape index (κ2) is 7.06. The third-order valence-electron chi connectivity index (χ3n) is 3.53. The number of ketones is 1. The molecule has 7 heteroatoms. The Bertz CT molecular complexity index is 816. The Kier molecular flexibility index (Phi) is 5.27. The highest BCUT2D eigenvalue weighted by Gasteiger charge is 2.23. The molecule has 0 aliphatic carbocycles. The van der Waals surface area contributed by atoms with Gasteiger partial charge in [-0.3, -0.25) is 9.59 Å². The topological polar surface area (TPSA) is 111 Å². The minimum absolute atomic E-state index is 0.241. The number of aromatic nitrogens is 1. The molecule has 0 amide bonds. The van der Waals surface area contributed by atoms with Crippen molar-refractivity contribution in [3.63, 3.8) is 0 Å². The number of ether oxygens (including phenoxy) is 2. The van der Waals surface area contributed by atoms with Gasteiger partial charge < -0.3 is 20.2 Å². The second-order valence-corrected chi connectivity index (χ2v) is 6.75. The monoisotopic (exact) mass is 346 g/mol. The van der Waals surface area contributed by atoms with E-state index in [0.717, 1.165) is 12.7 Å². The number of methoxy groups -OCH3 is 1. The van der Waals surface area contributed by atoms with Gasteiger partial charge in [-0.25, -0.2) is 4.79 Å². The molecule has 0 saturated carbocycles. The molecule has 3 N–H and O–H groups in total. The molecule has 0 spiro atoms. The number of aromatic amines is 1. The molecule has 2 rings (SSSR count). The lowest BCUT2D eigenvalue weighted by molar-refractivity contribution is -0.156. The number of nitrogens with one attached hydrogen (secondary N) is 1. The Labute approximate surface area is 145 Å². The molecule has 25 heavy (non-hydrogen) atoms. The van der Waals surface area contributed by atoms with Gasteiger partial charge in [0.05, 0.1) is 12.7 Å². The molecule has 0 aliphatic heterocycles. The van der Waals surface area contributed by atoms with Crippen LogP contribution in [0.4, 0.5) is 0 Å². The van der Waals surface area contributed by atoms with E-state index >= 15 is 0 Å². The van der Waals surface area contributed by atoms with Gasteiger partial charge in [-0.1, -0.05) is 12.1 Å². The fourth-order valence-corrected chi connectivity index (χ4v) is 2.41. The summed E-state index contributed by atoms with van der Waals surface area (Å²) in [5.41, 5.74) is 7.03. The van der Waals surface area contributed by atoms with Crippen LogP contribution in [0.3, 0.4) is 0 Å². The first kappa shape index (κ1) is 18.7. The maximum atomic E-state index is 12.0. The van der Waals surface area contributed by atoms with Gasteiger partial charge >= 0.3 is 11.9 Å². The number of H-pyrrole nitrogens is 1. The maximum absolute atomic E-state index is 12.0. The minimum atomic E-state index is -0.920. The van der Waals surface area contributed by atoms with Gasteiger partial charge in [-0.15, -0.1) is 0 Å². The van der Waals surface area contributed by atoms with Crippen LogP contribution in [0, 0.1) is 0 Å². The summed E-state index contributed by atoms with van der Waals surface area (Å²) in [6.45, 7) is 5.34. The molecule has 1 atom stereocenters. The zero-order valence-corrected chi connectivity index (χ0v) is 14.7. The summed E-state index contributed by atoms with van der Waals surface area (Å²) in [6, 6.07) is 4.46. The average molecular weight is 346 g/mol. The fraction of sp³-hybridized carbons (Fsp3) is 0.389. The Balaban J connectivity index is 2.18.